The van der Waals surface area contributed by atoms with Crippen LogP contribution < -0.4 is 5.32 Å². The molecule has 1 N–H and O–H groups in total. The van der Waals surface area contributed by atoms with Crippen LogP contribution in [0.5, 0.6) is 0 Å². The number of ether oxygens (including phenoxy) is 1. The first-order valence-corrected chi connectivity index (χ1v) is 2.57. The van der Waals surface area contributed by atoms with Crippen molar-refractivity contribution in [3.8, 4) is 0 Å². The highest BCUT2D eigenvalue weighted by Crippen LogP contribution is 1.89. The van der Waals surface area contributed by atoms with E-state index in [1.165, 1.54) is 0 Å². The van der Waals surface area contributed by atoms with E-state index in [1.54, 1.807) is 6.29 Å². The second-order valence-electron chi connectivity index (χ2n) is 1.75. The number of rotatable bonds is 1. The van der Waals surface area contributed by atoms with Crippen molar-refractivity contribution in [1.82, 2.24) is 5.32 Å². The van der Waals surface area contributed by atoms with Crippen molar-refractivity contribution in [3.63, 3.8) is 0 Å². The van der Waals surface area contributed by atoms with Gasteiger partial charge in [0.2, 0.25) is 12.2 Å². The van der Waals surface area contributed by atoms with Crippen molar-refractivity contribution in [3.05, 3.63) is 0 Å². The highest BCUT2D eigenvalue weighted by molar-refractivity contribution is 5.81. The Hall–Kier alpha value is -0.900. The molecule has 0 aliphatic carbocycles. The first-order valence-electron chi connectivity index (χ1n) is 2.57. The van der Waals surface area contributed by atoms with Gasteiger partial charge in [-0.25, -0.2) is 0 Å². The molecule has 1 atom stereocenters. The minimum Gasteiger partial charge on any atom is -0.369 e. The molecule has 0 bridgehead atoms. The highest BCUT2D eigenvalue weighted by Gasteiger charge is 2.17. The van der Waals surface area contributed by atoms with Crippen LogP contribution in [0.4, 0.5) is 0 Å². The van der Waals surface area contributed by atoms with E-state index in [-0.39, 0.29) is 19.1 Å². The average molecular weight is 128 g/mol. The number of nitrogens with one attached hydrogen (secondary N) is 1. The molecule has 0 aromatic rings. The number of amides is 1. The maximum Gasteiger partial charge on any atom is 0.246 e. The van der Waals surface area contributed by atoms with Crippen molar-refractivity contribution in [2.75, 3.05) is 13.2 Å². The zero-order valence-electron chi connectivity index (χ0n) is 4.72. The van der Waals surface area contributed by atoms with E-state index in [1.807, 2.05) is 0 Å². The minimum atomic E-state index is -0.564. The maximum absolute atomic E-state index is 10.4. The smallest absolute Gasteiger partial charge is 0.246 e. The third kappa shape index (κ3) is 1.50. The van der Waals surface area contributed by atoms with E-state index in [4.69, 9.17) is 4.74 Å². The van der Waals surface area contributed by atoms with Crippen LogP contribution in [0.2, 0.25) is 0 Å². The number of hydrogen-bond donors (Lipinski definition) is 1. The topological polar surface area (TPSA) is 55.4 Å². The summed E-state index contributed by atoms with van der Waals surface area (Å²) in [4.78, 5) is 20.3. The molecule has 9 heavy (non-hydrogen) atoms. The Balaban J connectivity index is 2.40. The molecule has 0 aromatic carbocycles. The zero-order chi connectivity index (χ0) is 6.69. The lowest BCUT2D eigenvalue weighted by Crippen LogP contribution is -2.46. The van der Waals surface area contributed by atoms with E-state index in [2.05, 4.69) is 5.32 Å². The molecule has 1 fully saturated rings. The number of hydrogen-bond acceptors (Lipinski definition) is 3. The second kappa shape index (κ2) is 2.59. The monoisotopic (exact) mass is 128 g/mol. The molecule has 4 nitrogen and oxygen atoms in total. The van der Waals surface area contributed by atoms with Gasteiger partial charge >= 0.3 is 0 Å². The SMILES string of the molecule is O=[C]C1COCC(=O)N1. The summed E-state index contributed by atoms with van der Waals surface area (Å²) in [5.41, 5.74) is 0. The highest BCUT2D eigenvalue weighted by atomic mass is 16.5. The summed E-state index contributed by atoms with van der Waals surface area (Å²) in [6.45, 7) is 0.299. The van der Waals surface area contributed by atoms with Crippen molar-refractivity contribution >= 4 is 12.2 Å². The van der Waals surface area contributed by atoms with E-state index in [0.29, 0.717) is 0 Å². The quantitative estimate of drug-likeness (QED) is 0.473. The van der Waals surface area contributed by atoms with Crippen molar-refractivity contribution in [2.45, 2.75) is 6.04 Å². The van der Waals surface area contributed by atoms with E-state index in [0.717, 1.165) is 0 Å². The minimum absolute atomic E-state index is 0.0537. The molecule has 0 spiro atoms. The van der Waals surface area contributed by atoms with Crippen LogP contribution in [0.25, 0.3) is 0 Å². The fourth-order valence-electron chi connectivity index (χ4n) is 0.611. The predicted molar refractivity (Wildman–Crippen MR) is 28.4 cm³/mol. The van der Waals surface area contributed by atoms with Crippen LogP contribution in [-0.4, -0.2) is 31.4 Å². The molecule has 1 unspecified atom stereocenters. The van der Waals surface area contributed by atoms with Crippen LogP contribution >= 0.6 is 0 Å². The molecule has 1 amide bonds. The van der Waals surface area contributed by atoms with Gasteiger partial charge in [0.25, 0.3) is 0 Å². The molecule has 1 aliphatic heterocycles. The van der Waals surface area contributed by atoms with E-state index >= 15 is 0 Å². The van der Waals surface area contributed by atoms with Crippen molar-refractivity contribution in [1.29, 1.82) is 0 Å². The van der Waals surface area contributed by atoms with Gasteiger partial charge in [0.15, 0.2) is 0 Å². The summed E-state index contributed by atoms with van der Waals surface area (Å²) < 4.78 is 4.71. The second-order valence-corrected chi connectivity index (χ2v) is 1.75. The number of carbonyl (C=O) groups is 1. The fourth-order valence-corrected chi connectivity index (χ4v) is 0.611. The number of carbonyl (C=O) groups excluding carboxylic acids is 2. The summed E-state index contributed by atoms with van der Waals surface area (Å²) in [6, 6.07) is -0.564. The van der Waals surface area contributed by atoms with Crippen LogP contribution in [0, 0.1) is 0 Å². The van der Waals surface area contributed by atoms with Gasteiger partial charge in [-0.2, -0.15) is 0 Å². The molecular weight excluding hydrogens is 122 g/mol. The molecular formula is C5H6NO3. The largest absolute Gasteiger partial charge is 0.369 e. The van der Waals surface area contributed by atoms with Crippen LogP contribution in [0.3, 0.4) is 0 Å². The lowest BCUT2D eigenvalue weighted by Gasteiger charge is -2.17. The Bertz CT molecular complexity index is 134. The van der Waals surface area contributed by atoms with Gasteiger partial charge in [-0.15, -0.1) is 0 Å². The van der Waals surface area contributed by atoms with Gasteiger partial charge < -0.3 is 10.1 Å². The summed E-state index contributed by atoms with van der Waals surface area (Å²) in [5, 5.41) is 2.38. The van der Waals surface area contributed by atoms with Crippen molar-refractivity contribution in [2.24, 2.45) is 0 Å². The predicted octanol–water partition coefficient (Wildman–Crippen LogP) is -1.39. The standard InChI is InChI=1S/C5H6NO3/c7-1-4-2-9-3-5(8)6-4/h4H,2-3H2,(H,6,8). The normalized spacial score (nSPS) is 27.1. The molecule has 49 valence electrons. The van der Waals surface area contributed by atoms with Gasteiger partial charge in [-0.1, -0.05) is 0 Å². The molecule has 0 aromatic heterocycles. The van der Waals surface area contributed by atoms with E-state index < -0.39 is 6.04 Å². The van der Waals surface area contributed by atoms with Gasteiger partial charge in [0.05, 0.1) is 6.61 Å². The average Bonchev–Trinajstić information content (AvgIpc) is 1.88. The van der Waals surface area contributed by atoms with Crippen LogP contribution in [-0.2, 0) is 14.3 Å². The molecule has 1 heterocycles. The first-order chi connectivity index (χ1) is 4.33. The van der Waals surface area contributed by atoms with Gasteiger partial charge in [-0.3, -0.25) is 9.59 Å². The van der Waals surface area contributed by atoms with Crippen molar-refractivity contribution < 1.29 is 14.3 Å². The summed E-state index contributed by atoms with van der Waals surface area (Å²) in [7, 11) is 0. The Morgan fingerprint density at radius 3 is 3.00 bits per heavy atom. The zero-order valence-corrected chi connectivity index (χ0v) is 4.72. The van der Waals surface area contributed by atoms with Crippen LogP contribution in [0.15, 0.2) is 0 Å². The molecule has 1 radical (unpaired) electrons. The first kappa shape index (κ1) is 6.22. The fraction of sp³-hybridized carbons (Fsp3) is 0.600. The Morgan fingerprint density at radius 1 is 1.78 bits per heavy atom. The maximum atomic E-state index is 10.4. The lowest BCUT2D eigenvalue weighted by atomic mass is 10.3. The Kier molecular flexibility index (Phi) is 1.79. The molecule has 1 aliphatic rings. The lowest BCUT2D eigenvalue weighted by molar-refractivity contribution is -0.130. The van der Waals surface area contributed by atoms with Gasteiger partial charge in [0, 0.05) is 0 Å². The Morgan fingerprint density at radius 2 is 2.56 bits per heavy atom. The summed E-state index contributed by atoms with van der Waals surface area (Å²) in [6.07, 6.45) is 1.63. The third-order valence-corrected chi connectivity index (χ3v) is 0.995. The summed E-state index contributed by atoms with van der Waals surface area (Å²) in [5.74, 6) is -0.255. The molecule has 1 saturated heterocycles. The molecule has 0 saturated carbocycles. The van der Waals surface area contributed by atoms with E-state index in [9.17, 15) is 9.59 Å². The Labute approximate surface area is 52.2 Å². The molecule has 1 rings (SSSR count). The summed E-state index contributed by atoms with van der Waals surface area (Å²) >= 11 is 0. The number of morpholine rings is 1. The third-order valence-electron chi connectivity index (χ3n) is 0.995. The van der Waals surface area contributed by atoms with Crippen LogP contribution in [0.1, 0.15) is 0 Å². The van der Waals surface area contributed by atoms with Gasteiger partial charge in [-0.05, 0) is 0 Å². The molecule has 4 heteroatoms. The van der Waals surface area contributed by atoms with Gasteiger partial charge in [0.1, 0.15) is 12.6 Å².